The molecule has 1 aliphatic rings. The van der Waals surface area contributed by atoms with E-state index in [2.05, 4.69) is 51.4 Å². The fourth-order valence-electron chi connectivity index (χ4n) is 5.67. The molecule has 1 unspecified atom stereocenters. The van der Waals surface area contributed by atoms with Gasteiger partial charge in [0.05, 0.1) is 17.4 Å². The molecule has 50 heavy (non-hydrogen) atoms. The molecule has 258 valence electrons. The van der Waals surface area contributed by atoms with E-state index in [0.717, 1.165) is 34.5 Å². The molecule has 0 aliphatic heterocycles. The fraction of sp³-hybridized carbons (Fsp3) is 0.293. The predicted molar refractivity (Wildman–Crippen MR) is 196 cm³/mol. The van der Waals surface area contributed by atoms with E-state index in [0.29, 0.717) is 35.3 Å². The van der Waals surface area contributed by atoms with E-state index in [9.17, 15) is 9.59 Å². The number of anilines is 1. The molecule has 1 heterocycles. The van der Waals surface area contributed by atoms with E-state index < -0.39 is 11.7 Å². The second-order valence-corrected chi connectivity index (χ2v) is 13.8. The van der Waals surface area contributed by atoms with Gasteiger partial charge in [0.15, 0.2) is 0 Å². The first-order valence-corrected chi connectivity index (χ1v) is 17.1. The van der Waals surface area contributed by atoms with Gasteiger partial charge in [0.2, 0.25) is 0 Å². The lowest BCUT2D eigenvalue weighted by Crippen LogP contribution is -2.32. The van der Waals surface area contributed by atoms with Crippen molar-refractivity contribution in [1.82, 2.24) is 20.4 Å². The van der Waals surface area contributed by atoms with Crippen LogP contribution in [0.3, 0.4) is 0 Å². The van der Waals surface area contributed by atoms with Crippen LogP contribution in [-0.2, 0) is 17.9 Å². The van der Waals surface area contributed by atoms with Gasteiger partial charge in [-0.1, -0.05) is 66.7 Å². The molecule has 0 spiro atoms. The number of ether oxygens (including phenoxy) is 2. The van der Waals surface area contributed by atoms with E-state index in [-0.39, 0.29) is 18.5 Å². The summed E-state index contributed by atoms with van der Waals surface area (Å²) in [5.74, 6) is 1.24. The third kappa shape index (κ3) is 9.60. The van der Waals surface area contributed by atoms with E-state index in [1.54, 1.807) is 10.7 Å². The van der Waals surface area contributed by atoms with Crippen molar-refractivity contribution in [3.63, 3.8) is 0 Å². The summed E-state index contributed by atoms with van der Waals surface area (Å²) in [5.41, 5.74) is 6.07. The first-order valence-electron chi connectivity index (χ1n) is 17.1. The van der Waals surface area contributed by atoms with Crippen LogP contribution in [0.2, 0.25) is 0 Å². The number of hydrogen-bond donors (Lipinski definition) is 3. The Kier molecular flexibility index (Phi) is 10.6. The van der Waals surface area contributed by atoms with Gasteiger partial charge in [-0.15, -0.1) is 0 Å². The van der Waals surface area contributed by atoms with Gasteiger partial charge in [0.1, 0.15) is 23.7 Å². The monoisotopic (exact) mass is 671 g/mol. The molecule has 4 aromatic carbocycles. The standard InChI is InChI=1S/C41H45N5O4/c1-28-22-37(46(45-28)35-15-8-12-31(23-35)26-43-40(48)50-41(2,3)4)39(47)44-34-14-9-13-33(24-34)38(42-25-29-16-17-29)32-18-20-36(21-19-32)49-27-30-10-6-5-7-11-30/h5-15,18-24,29,38,42H,16-17,25-27H2,1-4H3,(H,43,48)(H,44,47). The van der Waals surface area contributed by atoms with Gasteiger partial charge in [0.25, 0.3) is 5.91 Å². The second-order valence-electron chi connectivity index (χ2n) is 13.8. The molecule has 0 saturated heterocycles. The molecule has 1 fully saturated rings. The number of benzene rings is 4. The van der Waals surface area contributed by atoms with Gasteiger partial charge in [-0.25, -0.2) is 9.48 Å². The number of aromatic nitrogens is 2. The highest BCUT2D eigenvalue weighted by molar-refractivity contribution is 6.03. The summed E-state index contributed by atoms with van der Waals surface area (Å²) < 4.78 is 13.0. The normalized spacial score (nSPS) is 13.4. The van der Waals surface area contributed by atoms with Crippen molar-refractivity contribution in [2.24, 2.45) is 5.92 Å². The smallest absolute Gasteiger partial charge is 0.407 e. The van der Waals surface area contributed by atoms with Crippen molar-refractivity contribution in [2.75, 3.05) is 11.9 Å². The topological polar surface area (TPSA) is 107 Å². The van der Waals surface area contributed by atoms with Crippen LogP contribution in [0.1, 0.15) is 78.1 Å². The molecule has 6 rings (SSSR count). The summed E-state index contributed by atoms with van der Waals surface area (Å²) >= 11 is 0. The van der Waals surface area contributed by atoms with Crippen molar-refractivity contribution in [3.05, 3.63) is 143 Å². The molecule has 9 nitrogen and oxygen atoms in total. The van der Waals surface area contributed by atoms with Gasteiger partial charge in [-0.05, 0) is 118 Å². The van der Waals surface area contributed by atoms with Crippen LogP contribution in [-0.4, -0.2) is 33.9 Å². The van der Waals surface area contributed by atoms with E-state index in [4.69, 9.17) is 9.47 Å². The predicted octanol–water partition coefficient (Wildman–Crippen LogP) is 8.13. The number of amides is 2. The highest BCUT2D eigenvalue weighted by Crippen LogP contribution is 2.31. The molecule has 0 radical (unpaired) electrons. The molecule has 0 bridgehead atoms. The average molecular weight is 672 g/mol. The Hall–Kier alpha value is -5.41. The summed E-state index contributed by atoms with van der Waals surface area (Å²) in [6.07, 6.45) is 2.01. The van der Waals surface area contributed by atoms with Gasteiger partial charge in [-0.2, -0.15) is 5.10 Å². The molecule has 2 amide bonds. The van der Waals surface area contributed by atoms with E-state index in [1.165, 1.54) is 12.8 Å². The van der Waals surface area contributed by atoms with Crippen LogP contribution in [0.25, 0.3) is 5.69 Å². The van der Waals surface area contributed by atoms with E-state index in [1.807, 2.05) is 100 Å². The van der Waals surface area contributed by atoms with Crippen molar-refractivity contribution in [2.45, 2.75) is 65.3 Å². The lowest BCUT2D eigenvalue weighted by Gasteiger charge is -2.21. The summed E-state index contributed by atoms with van der Waals surface area (Å²) in [7, 11) is 0. The molecule has 5 aromatic rings. The molecule has 3 N–H and O–H groups in total. The first kappa shape index (κ1) is 34.5. The number of carbonyl (C=O) groups is 2. The van der Waals surface area contributed by atoms with E-state index >= 15 is 0 Å². The first-order chi connectivity index (χ1) is 24.1. The Morgan fingerprint density at radius 2 is 1.60 bits per heavy atom. The minimum Gasteiger partial charge on any atom is -0.489 e. The zero-order valence-corrected chi connectivity index (χ0v) is 29.1. The summed E-state index contributed by atoms with van der Waals surface area (Å²) in [4.78, 5) is 25.9. The number of nitrogens with zero attached hydrogens (tertiary/aromatic N) is 2. The third-order valence-corrected chi connectivity index (χ3v) is 8.30. The Morgan fingerprint density at radius 3 is 2.34 bits per heavy atom. The zero-order chi connectivity index (χ0) is 35.1. The lowest BCUT2D eigenvalue weighted by molar-refractivity contribution is 0.0523. The summed E-state index contributed by atoms with van der Waals surface area (Å²) in [6.45, 7) is 9.04. The van der Waals surface area contributed by atoms with Crippen LogP contribution in [0.15, 0.2) is 109 Å². The maximum atomic E-state index is 13.8. The fourth-order valence-corrected chi connectivity index (χ4v) is 5.67. The molecular formula is C41H45N5O4. The highest BCUT2D eigenvalue weighted by Gasteiger charge is 2.24. The largest absolute Gasteiger partial charge is 0.489 e. The second kappa shape index (κ2) is 15.4. The minimum absolute atomic E-state index is 0.0552. The average Bonchev–Trinajstić information content (AvgIpc) is 3.85. The van der Waals surface area contributed by atoms with Gasteiger partial charge < -0.3 is 25.4 Å². The Labute approximate surface area is 294 Å². The Morgan fingerprint density at radius 1 is 0.860 bits per heavy atom. The number of rotatable bonds is 13. The van der Waals surface area contributed by atoms with Crippen LogP contribution >= 0.6 is 0 Å². The molecule has 1 atom stereocenters. The maximum absolute atomic E-state index is 13.8. The Bertz CT molecular complexity index is 1910. The van der Waals surface area contributed by atoms with Crippen molar-refractivity contribution >= 4 is 17.7 Å². The molecule has 1 saturated carbocycles. The quantitative estimate of drug-likeness (QED) is 0.117. The molecule has 1 aliphatic carbocycles. The summed E-state index contributed by atoms with van der Waals surface area (Å²) in [6, 6.07) is 35.6. The van der Waals surface area contributed by atoms with Crippen molar-refractivity contribution in [3.8, 4) is 11.4 Å². The molecular weight excluding hydrogens is 626 g/mol. The third-order valence-electron chi connectivity index (χ3n) is 8.30. The number of carbonyl (C=O) groups excluding carboxylic acids is 2. The van der Waals surface area contributed by atoms with Crippen LogP contribution in [0, 0.1) is 12.8 Å². The van der Waals surface area contributed by atoms with Crippen LogP contribution < -0.4 is 20.7 Å². The van der Waals surface area contributed by atoms with Gasteiger partial charge in [-0.3, -0.25) is 4.79 Å². The van der Waals surface area contributed by atoms with Gasteiger partial charge >= 0.3 is 6.09 Å². The van der Waals surface area contributed by atoms with Gasteiger partial charge in [0, 0.05) is 12.2 Å². The maximum Gasteiger partial charge on any atom is 0.407 e. The number of nitrogens with one attached hydrogen (secondary N) is 3. The lowest BCUT2D eigenvalue weighted by atomic mass is 9.97. The number of alkyl carbamates (subject to hydrolysis) is 1. The SMILES string of the molecule is Cc1cc(C(=O)Nc2cccc(C(NCC3CC3)c3ccc(OCc4ccccc4)cc3)c2)n(-c2cccc(CNC(=O)OC(C)(C)C)c2)n1. The van der Waals surface area contributed by atoms with Crippen molar-refractivity contribution in [1.29, 1.82) is 0 Å². The highest BCUT2D eigenvalue weighted by atomic mass is 16.6. The zero-order valence-electron chi connectivity index (χ0n) is 29.1. The Balaban J connectivity index is 1.16. The summed E-state index contributed by atoms with van der Waals surface area (Å²) in [5, 5.41) is 14.3. The molecule has 9 heteroatoms. The van der Waals surface area contributed by atoms with Crippen LogP contribution in [0.4, 0.5) is 10.5 Å². The molecule has 1 aromatic heterocycles. The van der Waals surface area contributed by atoms with Crippen molar-refractivity contribution < 1.29 is 19.1 Å². The van der Waals surface area contributed by atoms with Crippen LogP contribution in [0.5, 0.6) is 5.75 Å². The minimum atomic E-state index is -0.585. The number of hydrogen-bond acceptors (Lipinski definition) is 6. The number of aryl methyl sites for hydroxylation is 1.